The summed E-state index contributed by atoms with van der Waals surface area (Å²) in [5.41, 5.74) is 12.2. The number of nitrogens with zero attached hydrogens (tertiary/aromatic N) is 5. The second kappa shape index (κ2) is 13.4. The highest BCUT2D eigenvalue weighted by molar-refractivity contribution is 6.10. The first-order valence-electron chi connectivity index (χ1n) is 18.7. The fourth-order valence-corrected chi connectivity index (χ4v) is 7.22. The van der Waals surface area contributed by atoms with Crippen molar-refractivity contribution in [2.75, 3.05) is 0 Å². The number of aromatic nitrogens is 4. The van der Waals surface area contributed by atoms with Gasteiger partial charge < -0.3 is 4.57 Å². The molecule has 1 unspecified atom stereocenters. The van der Waals surface area contributed by atoms with Gasteiger partial charge in [-0.3, -0.25) is 0 Å². The summed E-state index contributed by atoms with van der Waals surface area (Å²) in [6.07, 6.45) is 1.07. The van der Waals surface area contributed by atoms with Gasteiger partial charge in [0, 0.05) is 27.5 Å². The number of fused-ring (bicyclic) bond motifs is 3. The molecule has 2 heterocycles. The predicted molar refractivity (Wildman–Crippen MR) is 221 cm³/mol. The molecule has 266 valence electrons. The van der Waals surface area contributed by atoms with E-state index in [2.05, 4.69) is 159 Å². The lowest BCUT2D eigenvalue weighted by atomic mass is 9.85. The zero-order valence-corrected chi connectivity index (χ0v) is 32.8. The number of benzene rings is 5. The Balaban J connectivity index is 1.55. The van der Waals surface area contributed by atoms with E-state index < -0.39 is 0 Å². The van der Waals surface area contributed by atoms with Crippen molar-refractivity contribution in [3.8, 4) is 45.9 Å². The minimum Gasteiger partial charge on any atom is -0.309 e. The zero-order chi connectivity index (χ0) is 37.8. The molecule has 0 spiro atoms. The minimum atomic E-state index is -0.0583. The molecule has 0 saturated carbocycles. The Morgan fingerprint density at radius 1 is 0.642 bits per heavy atom. The molecule has 0 bridgehead atoms. The third-order valence-electron chi connectivity index (χ3n) is 10.5. The Bertz CT molecular complexity index is 2490. The lowest BCUT2D eigenvalue weighted by Gasteiger charge is -2.21. The average molecular weight is 696 g/mol. The molecule has 0 aliphatic carbocycles. The highest BCUT2D eigenvalue weighted by atomic mass is 15.1. The van der Waals surface area contributed by atoms with Crippen LogP contribution in [0.3, 0.4) is 0 Å². The molecule has 1 atom stereocenters. The number of hydrogen-bond acceptors (Lipinski definition) is 4. The topological polar surface area (TPSA) is 67.4 Å². The van der Waals surface area contributed by atoms with Crippen molar-refractivity contribution >= 4 is 21.8 Å². The lowest BCUT2D eigenvalue weighted by Crippen LogP contribution is -2.12. The zero-order valence-electron chi connectivity index (χ0n) is 32.8. The van der Waals surface area contributed by atoms with Gasteiger partial charge in [-0.15, -0.1) is 0 Å². The van der Waals surface area contributed by atoms with Crippen molar-refractivity contribution in [3.63, 3.8) is 0 Å². The second-order valence-electron chi connectivity index (χ2n) is 16.8. The van der Waals surface area contributed by atoms with Crippen LogP contribution in [0.4, 0.5) is 0 Å². The van der Waals surface area contributed by atoms with Crippen molar-refractivity contribution < 1.29 is 0 Å². The molecule has 0 aliphatic heterocycles. The van der Waals surface area contributed by atoms with Gasteiger partial charge in [0.1, 0.15) is 0 Å². The third-order valence-corrected chi connectivity index (χ3v) is 10.5. The van der Waals surface area contributed by atoms with Crippen LogP contribution in [0.25, 0.3) is 61.7 Å². The van der Waals surface area contributed by atoms with E-state index in [4.69, 9.17) is 15.0 Å². The molecule has 7 aromatic rings. The van der Waals surface area contributed by atoms with Crippen LogP contribution in [0.15, 0.2) is 97.1 Å². The molecule has 5 heteroatoms. The van der Waals surface area contributed by atoms with E-state index in [0.29, 0.717) is 29.0 Å². The number of para-hydroxylation sites is 1. The molecule has 0 amide bonds. The van der Waals surface area contributed by atoms with Crippen LogP contribution >= 0.6 is 0 Å². The van der Waals surface area contributed by atoms with E-state index in [1.165, 1.54) is 27.5 Å². The summed E-state index contributed by atoms with van der Waals surface area (Å²) in [7, 11) is 0. The average Bonchev–Trinajstić information content (AvgIpc) is 3.46. The predicted octanol–water partition coefficient (Wildman–Crippen LogP) is 12.6. The van der Waals surface area contributed by atoms with Gasteiger partial charge in [-0.1, -0.05) is 103 Å². The molecule has 2 aromatic heterocycles. The lowest BCUT2D eigenvalue weighted by molar-refractivity contribution is 0.589. The van der Waals surface area contributed by atoms with Gasteiger partial charge in [-0.25, -0.2) is 15.0 Å². The monoisotopic (exact) mass is 695 g/mol. The smallest absolute Gasteiger partial charge is 0.166 e. The number of hydrogen-bond donors (Lipinski definition) is 0. The van der Waals surface area contributed by atoms with Gasteiger partial charge in [0.2, 0.25) is 0 Å². The summed E-state index contributed by atoms with van der Waals surface area (Å²) in [5.74, 6) is 2.19. The molecular formula is C48H49N5. The Hall–Kier alpha value is -5.60. The maximum Gasteiger partial charge on any atom is 0.166 e. The summed E-state index contributed by atoms with van der Waals surface area (Å²) in [4.78, 5) is 15.7. The van der Waals surface area contributed by atoms with Gasteiger partial charge in [0.05, 0.1) is 28.4 Å². The van der Waals surface area contributed by atoms with E-state index in [1.54, 1.807) is 0 Å². The Kier molecular flexibility index (Phi) is 9.07. The van der Waals surface area contributed by atoms with Crippen LogP contribution < -0.4 is 0 Å². The molecular weight excluding hydrogens is 647 g/mol. The van der Waals surface area contributed by atoms with Crippen molar-refractivity contribution in [1.82, 2.24) is 19.5 Å². The van der Waals surface area contributed by atoms with Crippen LogP contribution in [-0.2, 0) is 10.8 Å². The van der Waals surface area contributed by atoms with Gasteiger partial charge in [-0.2, -0.15) is 5.26 Å². The first-order valence-corrected chi connectivity index (χ1v) is 18.7. The van der Waals surface area contributed by atoms with Crippen LogP contribution in [0.1, 0.15) is 101 Å². The summed E-state index contributed by atoms with van der Waals surface area (Å²) < 4.78 is 2.30. The maximum absolute atomic E-state index is 10.2. The Morgan fingerprint density at radius 3 is 1.77 bits per heavy atom. The number of nitriles is 1. The molecule has 7 rings (SSSR count). The van der Waals surface area contributed by atoms with E-state index in [-0.39, 0.29) is 10.8 Å². The van der Waals surface area contributed by atoms with Crippen LogP contribution in [0.5, 0.6) is 0 Å². The largest absolute Gasteiger partial charge is 0.309 e. The van der Waals surface area contributed by atoms with Crippen LogP contribution in [0.2, 0.25) is 0 Å². The number of aryl methyl sites for hydroxylation is 2. The van der Waals surface area contributed by atoms with E-state index >= 15 is 0 Å². The van der Waals surface area contributed by atoms with E-state index in [1.807, 2.05) is 18.2 Å². The molecule has 53 heavy (non-hydrogen) atoms. The van der Waals surface area contributed by atoms with Crippen molar-refractivity contribution in [3.05, 3.63) is 130 Å². The van der Waals surface area contributed by atoms with Crippen LogP contribution in [-0.4, -0.2) is 19.5 Å². The standard InChI is InChI=1S/C48H49N5/c1-11-31(4)33-17-19-42-39(27-33)38-14-12-13-15-41(38)53(42)43-18-16-32(28-49)24-40(43)46-51-44(34-20-29(2)22-36(25-34)47(5,6)7)50-45(52-46)35-21-30(3)23-37(26-35)48(8,9)10/h12-27,31H,11H2,1-10H3. The fourth-order valence-electron chi connectivity index (χ4n) is 7.22. The minimum absolute atomic E-state index is 0.0583. The number of rotatable bonds is 6. The summed E-state index contributed by atoms with van der Waals surface area (Å²) in [6.45, 7) is 22.2. The van der Waals surface area contributed by atoms with Gasteiger partial charge >= 0.3 is 0 Å². The van der Waals surface area contributed by atoms with E-state index in [9.17, 15) is 5.26 Å². The summed E-state index contributed by atoms with van der Waals surface area (Å²) in [6, 6.07) is 36.9. The first kappa shape index (κ1) is 35.8. The summed E-state index contributed by atoms with van der Waals surface area (Å²) >= 11 is 0. The first-order chi connectivity index (χ1) is 25.1. The van der Waals surface area contributed by atoms with Crippen molar-refractivity contribution in [2.24, 2.45) is 0 Å². The quantitative estimate of drug-likeness (QED) is 0.174. The molecule has 5 nitrogen and oxygen atoms in total. The molecule has 0 aliphatic rings. The highest BCUT2D eigenvalue weighted by Crippen LogP contribution is 2.39. The second-order valence-corrected chi connectivity index (χ2v) is 16.8. The van der Waals surface area contributed by atoms with E-state index in [0.717, 1.165) is 51.0 Å². The molecule has 0 radical (unpaired) electrons. The van der Waals surface area contributed by atoms with Gasteiger partial charge in [0.15, 0.2) is 17.5 Å². The third kappa shape index (κ3) is 6.87. The fraction of sp³-hybridized carbons (Fsp3) is 0.292. The Labute approximate surface area is 314 Å². The summed E-state index contributed by atoms with van der Waals surface area (Å²) in [5, 5.41) is 12.6. The van der Waals surface area contributed by atoms with Crippen molar-refractivity contribution in [1.29, 1.82) is 5.26 Å². The molecule has 0 saturated heterocycles. The van der Waals surface area contributed by atoms with Crippen LogP contribution in [0, 0.1) is 25.2 Å². The van der Waals surface area contributed by atoms with Gasteiger partial charge in [0.25, 0.3) is 0 Å². The molecule has 0 N–H and O–H groups in total. The molecule has 5 aromatic carbocycles. The highest BCUT2D eigenvalue weighted by Gasteiger charge is 2.23. The normalized spacial score (nSPS) is 12.7. The SMILES string of the molecule is CCC(C)c1ccc2c(c1)c1ccccc1n2-c1ccc(C#N)cc1-c1nc(-c2cc(C)cc(C(C)(C)C)c2)nc(-c2cc(C)cc(C(C)(C)C)c2)n1. The maximum atomic E-state index is 10.2. The Morgan fingerprint density at radius 2 is 1.21 bits per heavy atom. The molecule has 0 fully saturated rings. The van der Waals surface area contributed by atoms with Crippen molar-refractivity contribution in [2.45, 2.75) is 92.4 Å². The van der Waals surface area contributed by atoms with Gasteiger partial charge in [-0.05, 0) is 114 Å².